The Hall–Kier alpha value is -4.10. The van der Waals surface area contributed by atoms with E-state index in [2.05, 4.69) is 10.6 Å². The number of phenols is 1. The Morgan fingerprint density at radius 1 is 0.949 bits per heavy atom. The summed E-state index contributed by atoms with van der Waals surface area (Å²) in [6, 6.07) is 8.71. The lowest BCUT2D eigenvalue weighted by Gasteiger charge is -2.22. The van der Waals surface area contributed by atoms with Crippen LogP contribution in [0.3, 0.4) is 0 Å². The zero-order valence-corrected chi connectivity index (χ0v) is 22.0. The molecule has 0 heterocycles. The average molecular weight is 556 g/mol. The van der Waals surface area contributed by atoms with Crippen molar-refractivity contribution in [1.82, 2.24) is 10.6 Å². The van der Waals surface area contributed by atoms with Crippen LogP contribution in [0.4, 0.5) is 0 Å². The summed E-state index contributed by atoms with van der Waals surface area (Å²) >= 11 is 0. The number of aliphatic carboxylic acids is 2. The number of carbonyl (C=O) groups is 3. The smallest absolute Gasteiger partial charge is 0.317 e. The number of carboxylic acids is 2. The lowest BCUT2D eigenvalue weighted by atomic mass is 9.85. The van der Waals surface area contributed by atoms with Crippen LogP contribution in [0.1, 0.15) is 29.2 Å². The summed E-state index contributed by atoms with van der Waals surface area (Å²) in [5.74, 6) is -2.63. The zero-order chi connectivity index (χ0) is 28.9. The van der Waals surface area contributed by atoms with Gasteiger partial charge in [-0.1, -0.05) is 18.2 Å². The van der Waals surface area contributed by atoms with Crippen LogP contribution < -0.4 is 10.6 Å². The number of carboxylic acid groups (broad SMARTS) is 2. The van der Waals surface area contributed by atoms with E-state index in [1.807, 2.05) is 0 Å². The van der Waals surface area contributed by atoms with E-state index in [0.29, 0.717) is 27.8 Å². The maximum absolute atomic E-state index is 12.8. The standard InChI is InChI=1S/C27H28N2O9S/c1-15-7-17(9-19(26(15)34)11-28-13-23(30)31)25(21-5-3-4-6-22(21)39(36,37)38)18-8-16(2)27(35)20(10-18)12-29-14-24(32)33/h3-10,28-29,34H,11-14H2,1-2H3,(H,30,31)(H,32,33)(H,36,37,38)/p-1/b25-18+. The van der Waals surface area contributed by atoms with Crippen molar-refractivity contribution in [2.75, 3.05) is 19.6 Å². The van der Waals surface area contributed by atoms with Gasteiger partial charge in [-0.15, -0.1) is 0 Å². The number of hydrogen-bond donors (Lipinski definition) is 5. The van der Waals surface area contributed by atoms with Gasteiger partial charge < -0.3 is 30.5 Å². The van der Waals surface area contributed by atoms with Crippen molar-refractivity contribution < 1.29 is 42.7 Å². The average Bonchev–Trinajstić information content (AvgIpc) is 2.84. The van der Waals surface area contributed by atoms with Crippen LogP contribution in [0.5, 0.6) is 5.75 Å². The van der Waals surface area contributed by atoms with E-state index >= 15 is 0 Å². The van der Waals surface area contributed by atoms with Gasteiger partial charge in [-0.2, -0.15) is 0 Å². The number of ketones is 1. The second-order valence-corrected chi connectivity index (χ2v) is 10.3. The summed E-state index contributed by atoms with van der Waals surface area (Å²) in [6.45, 7) is 2.32. The van der Waals surface area contributed by atoms with E-state index in [1.54, 1.807) is 32.0 Å². The Morgan fingerprint density at radius 3 is 2.18 bits per heavy atom. The highest BCUT2D eigenvalue weighted by Gasteiger charge is 2.23. The molecule has 11 nitrogen and oxygen atoms in total. The topological polar surface area (TPSA) is 193 Å². The minimum absolute atomic E-state index is 0.0233. The molecule has 5 N–H and O–H groups in total. The van der Waals surface area contributed by atoms with E-state index in [-0.39, 0.29) is 54.4 Å². The number of phenolic OH excluding ortho intramolecular Hbond substituents is 1. The molecule has 2 aromatic carbocycles. The predicted octanol–water partition coefficient (Wildman–Crippen LogP) is 1.71. The van der Waals surface area contributed by atoms with Gasteiger partial charge in [0.2, 0.25) is 0 Å². The molecule has 12 heteroatoms. The lowest BCUT2D eigenvalue weighted by Crippen LogP contribution is -2.28. The first kappa shape index (κ1) is 29.5. The minimum Gasteiger partial charge on any atom is -0.744 e. The highest BCUT2D eigenvalue weighted by atomic mass is 32.2. The molecule has 0 unspecified atom stereocenters. The van der Waals surface area contributed by atoms with E-state index in [4.69, 9.17) is 10.2 Å². The quantitative estimate of drug-likeness (QED) is 0.253. The van der Waals surface area contributed by atoms with Gasteiger partial charge in [0.25, 0.3) is 0 Å². The van der Waals surface area contributed by atoms with E-state index in [9.17, 15) is 32.5 Å². The molecule has 1 aliphatic carbocycles. The third-order valence-corrected chi connectivity index (χ3v) is 6.81. The van der Waals surface area contributed by atoms with Crippen molar-refractivity contribution in [2.45, 2.75) is 25.3 Å². The Labute approximate surface area is 224 Å². The summed E-state index contributed by atoms with van der Waals surface area (Å²) in [6.07, 6.45) is 3.04. The second-order valence-electron chi connectivity index (χ2n) is 8.90. The molecule has 0 aromatic heterocycles. The lowest BCUT2D eigenvalue weighted by molar-refractivity contribution is -0.137. The fraction of sp³-hybridized carbons (Fsp3) is 0.222. The Balaban J connectivity index is 2.32. The number of nitrogens with one attached hydrogen (secondary N) is 2. The fourth-order valence-corrected chi connectivity index (χ4v) is 4.92. The Morgan fingerprint density at radius 2 is 1.56 bits per heavy atom. The second kappa shape index (κ2) is 12.2. The molecule has 1 aliphatic rings. The largest absolute Gasteiger partial charge is 0.744 e. The van der Waals surface area contributed by atoms with Crippen LogP contribution in [-0.2, 0) is 31.0 Å². The summed E-state index contributed by atoms with van der Waals surface area (Å²) in [4.78, 5) is 34.2. The summed E-state index contributed by atoms with van der Waals surface area (Å²) in [5, 5.41) is 33.9. The number of benzene rings is 2. The molecule has 206 valence electrons. The van der Waals surface area contributed by atoms with Gasteiger partial charge in [-0.3, -0.25) is 14.4 Å². The van der Waals surface area contributed by atoms with Crippen LogP contribution in [0.25, 0.3) is 5.57 Å². The first-order chi connectivity index (χ1) is 18.3. The minimum atomic E-state index is -4.94. The number of allylic oxidation sites excluding steroid dienone is 4. The molecule has 0 saturated carbocycles. The monoisotopic (exact) mass is 555 g/mol. The van der Waals surface area contributed by atoms with Gasteiger partial charge in [-0.05, 0) is 72.0 Å². The van der Waals surface area contributed by atoms with Crippen molar-refractivity contribution in [1.29, 1.82) is 0 Å². The van der Waals surface area contributed by atoms with Crippen molar-refractivity contribution >= 4 is 33.4 Å². The van der Waals surface area contributed by atoms with Crippen LogP contribution in [-0.4, -0.2) is 65.6 Å². The molecule has 3 rings (SSSR count). The van der Waals surface area contributed by atoms with Crippen LogP contribution >= 0.6 is 0 Å². The van der Waals surface area contributed by atoms with Crippen LogP contribution in [0, 0.1) is 6.92 Å². The summed E-state index contributed by atoms with van der Waals surface area (Å²) in [7, 11) is -4.94. The molecule has 0 saturated heterocycles. The predicted molar refractivity (Wildman–Crippen MR) is 140 cm³/mol. The third-order valence-electron chi connectivity index (χ3n) is 5.92. The number of aromatic hydroxyl groups is 1. The summed E-state index contributed by atoms with van der Waals surface area (Å²) < 4.78 is 36.7. The normalized spacial score (nSPS) is 15.0. The number of aryl methyl sites for hydroxylation is 1. The Kier molecular flexibility index (Phi) is 9.20. The SMILES string of the molecule is CC1=C/C(=C(/c2cc(C)c(O)c(CNCC(=O)O)c2)c2ccccc2S(=O)(=O)[O-])C=C(CNCC(=O)O)C1=O. The van der Waals surface area contributed by atoms with Gasteiger partial charge in [0.05, 0.1) is 18.0 Å². The van der Waals surface area contributed by atoms with Gasteiger partial charge in [0, 0.05) is 29.8 Å². The fourth-order valence-electron chi connectivity index (χ4n) is 4.23. The maximum Gasteiger partial charge on any atom is 0.317 e. The number of carbonyl (C=O) groups excluding carboxylic acids is 1. The molecule has 0 amide bonds. The molecule has 2 aromatic rings. The maximum atomic E-state index is 12.8. The zero-order valence-electron chi connectivity index (χ0n) is 21.1. The molecule has 0 fully saturated rings. The number of rotatable bonds is 11. The highest BCUT2D eigenvalue weighted by Crippen LogP contribution is 2.37. The number of Topliss-reactive ketones (excluding diaryl/α,β-unsaturated/α-hetero) is 1. The van der Waals surface area contributed by atoms with Crippen molar-refractivity contribution in [2.24, 2.45) is 0 Å². The first-order valence-electron chi connectivity index (χ1n) is 11.7. The molecule has 0 aliphatic heterocycles. The van der Waals surface area contributed by atoms with Crippen molar-refractivity contribution in [3.8, 4) is 5.75 Å². The van der Waals surface area contributed by atoms with Crippen molar-refractivity contribution in [3.05, 3.63) is 87.5 Å². The van der Waals surface area contributed by atoms with E-state index in [0.717, 1.165) is 0 Å². The summed E-state index contributed by atoms with van der Waals surface area (Å²) in [5.41, 5.74) is 2.37. The molecular formula is C27H27N2O9S-. The van der Waals surface area contributed by atoms with Crippen LogP contribution in [0.15, 0.2) is 70.2 Å². The van der Waals surface area contributed by atoms with Gasteiger partial charge in [0.1, 0.15) is 15.9 Å². The Bertz CT molecular complexity index is 1540. The van der Waals surface area contributed by atoms with Gasteiger partial charge in [0.15, 0.2) is 5.78 Å². The first-order valence-corrected chi connectivity index (χ1v) is 13.1. The highest BCUT2D eigenvalue weighted by molar-refractivity contribution is 7.85. The van der Waals surface area contributed by atoms with Crippen LogP contribution in [0.2, 0.25) is 0 Å². The van der Waals surface area contributed by atoms with E-state index in [1.165, 1.54) is 30.4 Å². The van der Waals surface area contributed by atoms with Gasteiger partial charge >= 0.3 is 11.9 Å². The molecule has 0 spiro atoms. The molecule has 0 radical (unpaired) electrons. The molecule has 39 heavy (non-hydrogen) atoms. The molecular weight excluding hydrogens is 528 g/mol. The van der Waals surface area contributed by atoms with Gasteiger partial charge in [-0.25, -0.2) is 8.42 Å². The molecule has 0 atom stereocenters. The third kappa shape index (κ3) is 7.27. The molecule has 0 bridgehead atoms. The van der Waals surface area contributed by atoms with E-state index < -0.39 is 27.0 Å². The van der Waals surface area contributed by atoms with Crippen molar-refractivity contribution in [3.63, 3.8) is 0 Å². The number of hydrogen-bond acceptors (Lipinski definition) is 9.